The highest BCUT2D eigenvalue weighted by atomic mass is 16.4. The quantitative estimate of drug-likeness (QED) is 0.903. The van der Waals surface area contributed by atoms with Gasteiger partial charge in [0.2, 0.25) is 0 Å². The summed E-state index contributed by atoms with van der Waals surface area (Å²) in [5.41, 5.74) is 1.82. The lowest BCUT2D eigenvalue weighted by Gasteiger charge is -2.21. The third kappa shape index (κ3) is 1.90. The van der Waals surface area contributed by atoms with Crippen molar-refractivity contribution in [3.63, 3.8) is 0 Å². The van der Waals surface area contributed by atoms with Crippen molar-refractivity contribution in [2.45, 2.75) is 26.3 Å². The van der Waals surface area contributed by atoms with E-state index >= 15 is 0 Å². The molecular formula is C14H16N2O2. The van der Waals surface area contributed by atoms with E-state index in [1.807, 2.05) is 37.3 Å². The van der Waals surface area contributed by atoms with Gasteiger partial charge in [-0.1, -0.05) is 30.3 Å². The number of aromatic nitrogens is 2. The van der Waals surface area contributed by atoms with E-state index in [-0.39, 0.29) is 0 Å². The fourth-order valence-corrected chi connectivity index (χ4v) is 1.96. The average molecular weight is 244 g/mol. The first-order chi connectivity index (χ1) is 8.44. The second-order valence-corrected chi connectivity index (χ2v) is 4.79. The Morgan fingerprint density at radius 1 is 1.28 bits per heavy atom. The van der Waals surface area contributed by atoms with Crippen LogP contribution in [0.4, 0.5) is 0 Å². The Balaban J connectivity index is 2.51. The number of rotatable bonds is 3. The molecule has 2 rings (SSSR count). The molecule has 0 aliphatic rings. The summed E-state index contributed by atoms with van der Waals surface area (Å²) in [6, 6.07) is 9.83. The lowest BCUT2D eigenvalue weighted by atomic mass is 10.0. The van der Waals surface area contributed by atoms with Gasteiger partial charge in [-0.15, -0.1) is 0 Å². The summed E-state index contributed by atoms with van der Waals surface area (Å²) < 4.78 is 1.55. The molecule has 0 unspecified atom stereocenters. The minimum atomic E-state index is -1.04. The molecule has 0 bridgehead atoms. The summed E-state index contributed by atoms with van der Waals surface area (Å²) in [7, 11) is 0. The summed E-state index contributed by atoms with van der Waals surface area (Å²) in [6.45, 7) is 5.17. The molecule has 1 N–H and O–H groups in total. The Kier molecular flexibility index (Phi) is 2.95. The van der Waals surface area contributed by atoms with E-state index in [1.165, 1.54) is 0 Å². The SMILES string of the molecule is Cc1c(-c2ccccc2)cnn1C(C)(C)C(=O)O. The van der Waals surface area contributed by atoms with Crippen LogP contribution >= 0.6 is 0 Å². The van der Waals surface area contributed by atoms with Crippen LogP contribution in [0.5, 0.6) is 0 Å². The van der Waals surface area contributed by atoms with Crippen LogP contribution in [0.3, 0.4) is 0 Å². The fourth-order valence-electron chi connectivity index (χ4n) is 1.96. The molecule has 2 aromatic rings. The van der Waals surface area contributed by atoms with E-state index in [0.29, 0.717) is 0 Å². The van der Waals surface area contributed by atoms with Crippen LogP contribution in [0.1, 0.15) is 19.5 Å². The number of carboxylic acids is 1. The fraction of sp³-hybridized carbons (Fsp3) is 0.286. The minimum absolute atomic E-state index is 0.855. The lowest BCUT2D eigenvalue weighted by Crippen LogP contribution is -2.37. The van der Waals surface area contributed by atoms with Crippen LogP contribution in [-0.2, 0) is 10.3 Å². The van der Waals surface area contributed by atoms with E-state index in [2.05, 4.69) is 5.10 Å². The maximum absolute atomic E-state index is 11.3. The molecule has 0 atom stereocenters. The number of hydrogen-bond acceptors (Lipinski definition) is 2. The van der Waals surface area contributed by atoms with Gasteiger partial charge in [-0.3, -0.25) is 4.68 Å². The summed E-state index contributed by atoms with van der Waals surface area (Å²) in [4.78, 5) is 11.3. The number of hydrogen-bond donors (Lipinski definition) is 1. The average Bonchev–Trinajstić information content (AvgIpc) is 2.72. The topological polar surface area (TPSA) is 55.1 Å². The highest BCUT2D eigenvalue weighted by Crippen LogP contribution is 2.26. The Morgan fingerprint density at radius 2 is 1.89 bits per heavy atom. The first-order valence-corrected chi connectivity index (χ1v) is 5.78. The number of carboxylic acid groups (broad SMARTS) is 1. The number of nitrogens with zero attached hydrogens (tertiary/aromatic N) is 2. The highest BCUT2D eigenvalue weighted by Gasteiger charge is 2.32. The van der Waals surface area contributed by atoms with E-state index in [4.69, 9.17) is 0 Å². The van der Waals surface area contributed by atoms with Crippen LogP contribution in [0.2, 0.25) is 0 Å². The van der Waals surface area contributed by atoms with Crippen molar-refractivity contribution < 1.29 is 9.90 Å². The number of carbonyl (C=O) groups is 1. The van der Waals surface area contributed by atoms with E-state index < -0.39 is 11.5 Å². The molecule has 0 radical (unpaired) electrons. The van der Waals surface area contributed by atoms with Gasteiger partial charge in [0.25, 0.3) is 0 Å². The van der Waals surface area contributed by atoms with Crippen molar-refractivity contribution in [1.29, 1.82) is 0 Å². The summed E-state index contributed by atoms with van der Waals surface area (Å²) in [5, 5.41) is 13.5. The Bertz CT molecular complexity index is 571. The van der Waals surface area contributed by atoms with Crippen LogP contribution < -0.4 is 0 Å². The van der Waals surface area contributed by atoms with Crippen molar-refractivity contribution >= 4 is 5.97 Å². The van der Waals surface area contributed by atoms with Gasteiger partial charge >= 0.3 is 5.97 Å². The van der Waals surface area contributed by atoms with Crippen LogP contribution in [0, 0.1) is 6.92 Å². The maximum Gasteiger partial charge on any atom is 0.331 e. The van der Waals surface area contributed by atoms with Gasteiger partial charge in [0.1, 0.15) is 0 Å². The normalized spacial score (nSPS) is 11.5. The molecule has 1 heterocycles. The molecule has 18 heavy (non-hydrogen) atoms. The zero-order chi connectivity index (χ0) is 13.3. The summed E-state index contributed by atoms with van der Waals surface area (Å²) in [5.74, 6) is -0.895. The molecule has 0 fully saturated rings. The molecule has 4 nitrogen and oxygen atoms in total. The van der Waals surface area contributed by atoms with Crippen molar-refractivity contribution in [1.82, 2.24) is 9.78 Å². The molecule has 1 aromatic heterocycles. The smallest absolute Gasteiger partial charge is 0.331 e. The molecule has 0 aliphatic heterocycles. The standard InChI is InChI=1S/C14H16N2O2/c1-10-12(11-7-5-4-6-8-11)9-15-16(10)14(2,3)13(17)18/h4-9H,1-3H3,(H,17,18). The highest BCUT2D eigenvalue weighted by molar-refractivity contribution is 5.76. The number of benzene rings is 1. The van der Waals surface area contributed by atoms with Crippen LogP contribution in [-0.4, -0.2) is 20.9 Å². The van der Waals surface area contributed by atoms with E-state index in [1.54, 1.807) is 24.7 Å². The van der Waals surface area contributed by atoms with Gasteiger partial charge in [0.05, 0.1) is 6.20 Å². The molecule has 0 saturated heterocycles. The Labute approximate surface area is 106 Å². The van der Waals surface area contributed by atoms with E-state index in [0.717, 1.165) is 16.8 Å². The molecule has 1 aromatic carbocycles. The van der Waals surface area contributed by atoms with Gasteiger partial charge in [0.15, 0.2) is 5.54 Å². The molecule has 0 aliphatic carbocycles. The molecule has 0 amide bonds. The van der Waals surface area contributed by atoms with Crippen LogP contribution in [0.25, 0.3) is 11.1 Å². The van der Waals surface area contributed by atoms with Crippen LogP contribution in [0.15, 0.2) is 36.5 Å². The Morgan fingerprint density at radius 3 is 2.44 bits per heavy atom. The third-order valence-electron chi connectivity index (χ3n) is 3.15. The van der Waals surface area contributed by atoms with Gasteiger partial charge in [-0.05, 0) is 26.3 Å². The minimum Gasteiger partial charge on any atom is -0.479 e. The first kappa shape index (κ1) is 12.4. The molecule has 0 saturated carbocycles. The molecular weight excluding hydrogens is 228 g/mol. The monoisotopic (exact) mass is 244 g/mol. The van der Waals surface area contributed by atoms with Gasteiger partial charge in [-0.25, -0.2) is 4.79 Å². The van der Waals surface area contributed by atoms with Crippen molar-refractivity contribution in [2.75, 3.05) is 0 Å². The molecule has 0 spiro atoms. The second kappa shape index (κ2) is 4.29. The molecule has 94 valence electrons. The largest absolute Gasteiger partial charge is 0.479 e. The summed E-state index contributed by atoms with van der Waals surface area (Å²) in [6.07, 6.45) is 1.72. The summed E-state index contributed by atoms with van der Waals surface area (Å²) >= 11 is 0. The zero-order valence-electron chi connectivity index (χ0n) is 10.7. The Hall–Kier alpha value is -2.10. The van der Waals surface area contributed by atoms with Gasteiger partial charge in [0, 0.05) is 11.3 Å². The third-order valence-corrected chi connectivity index (χ3v) is 3.15. The molecule has 4 heteroatoms. The zero-order valence-corrected chi connectivity index (χ0v) is 10.7. The van der Waals surface area contributed by atoms with Gasteiger partial charge in [-0.2, -0.15) is 5.10 Å². The lowest BCUT2D eigenvalue weighted by molar-refractivity contribution is -0.146. The second-order valence-electron chi connectivity index (χ2n) is 4.79. The van der Waals surface area contributed by atoms with Crippen molar-refractivity contribution in [3.8, 4) is 11.1 Å². The van der Waals surface area contributed by atoms with Crippen molar-refractivity contribution in [2.24, 2.45) is 0 Å². The first-order valence-electron chi connectivity index (χ1n) is 5.78. The van der Waals surface area contributed by atoms with Crippen molar-refractivity contribution in [3.05, 3.63) is 42.2 Å². The predicted molar refractivity (Wildman–Crippen MR) is 69.4 cm³/mol. The number of aliphatic carboxylic acids is 1. The maximum atomic E-state index is 11.3. The van der Waals surface area contributed by atoms with Gasteiger partial charge < -0.3 is 5.11 Å². The predicted octanol–water partition coefficient (Wildman–Crippen LogP) is 2.68. The van der Waals surface area contributed by atoms with E-state index in [9.17, 15) is 9.90 Å².